The Morgan fingerprint density at radius 3 is 2.61 bits per heavy atom. The minimum Gasteiger partial charge on any atom is -0.310 e. The molecule has 0 bridgehead atoms. The van der Waals surface area contributed by atoms with Crippen LogP contribution in [0.2, 0.25) is 5.02 Å². The average Bonchev–Trinajstić information content (AvgIpc) is 2.32. The lowest BCUT2D eigenvalue weighted by Gasteiger charge is -2.36. The van der Waals surface area contributed by atoms with Crippen LogP contribution in [0.5, 0.6) is 0 Å². The monoisotopic (exact) mass is 287 g/mol. The molecule has 1 aliphatic heterocycles. The van der Waals surface area contributed by atoms with E-state index in [9.17, 15) is 8.42 Å². The SMILES string of the molecule is CCNC1c2cccc(Cl)c2S(=O)(=O)C(C)C1C. The van der Waals surface area contributed by atoms with E-state index in [1.807, 2.05) is 26.0 Å². The van der Waals surface area contributed by atoms with Gasteiger partial charge in [0.2, 0.25) is 0 Å². The number of fused-ring (bicyclic) bond motifs is 1. The third-order valence-electron chi connectivity index (χ3n) is 3.80. The largest absolute Gasteiger partial charge is 0.310 e. The van der Waals surface area contributed by atoms with E-state index in [4.69, 9.17) is 11.6 Å². The van der Waals surface area contributed by atoms with Crippen molar-refractivity contribution in [2.45, 2.75) is 37.0 Å². The van der Waals surface area contributed by atoms with Crippen molar-refractivity contribution in [3.8, 4) is 0 Å². The number of sulfone groups is 1. The first kappa shape index (κ1) is 13.8. The Hall–Kier alpha value is -0.580. The van der Waals surface area contributed by atoms with Gasteiger partial charge in [-0.3, -0.25) is 0 Å². The van der Waals surface area contributed by atoms with Gasteiger partial charge in [0, 0.05) is 6.04 Å². The molecule has 0 spiro atoms. The summed E-state index contributed by atoms with van der Waals surface area (Å²) in [5, 5.41) is 3.27. The van der Waals surface area contributed by atoms with Crippen LogP contribution >= 0.6 is 11.6 Å². The summed E-state index contributed by atoms with van der Waals surface area (Å²) in [6, 6.07) is 5.35. The topological polar surface area (TPSA) is 46.2 Å². The summed E-state index contributed by atoms with van der Waals surface area (Å²) in [4.78, 5) is 0.309. The van der Waals surface area contributed by atoms with E-state index in [2.05, 4.69) is 5.32 Å². The highest BCUT2D eigenvalue weighted by Crippen LogP contribution is 2.42. The van der Waals surface area contributed by atoms with E-state index in [1.165, 1.54) is 0 Å². The van der Waals surface area contributed by atoms with Gasteiger partial charge in [-0.1, -0.05) is 37.6 Å². The molecule has 0 aliphatic carbocycles. The Kier molecular flexibility index (Phi) is 3.72. The van der Waals surface area contributed by atoms with E-state index in [0.717, 1.165) is 12.1 Å². The second kappa shape index (κ2) is 4.83. The summed E-state index contributed by atoms with van der Waals surface area (Å²) in [5.41, 5.74) is 0.801. The van der Waals surface area contributed by atoms with Gasteiger partial charge < -0.3 is 5.32 Å². The zero-order chi connectivity index (χ0) is 13.5. The van der Waals surface area contributed by atoms with Gasteiger partial charge in [-0.05, 0) is 31.0 Å². The summed E-state index contributed by atoms with van der Waals surface area (Å²) in [6.07, 6.45) is 0. The van der Waals surface area contributed by atoms with Gasteiger partial charge in [-0.25, -0.2) is 8.42 Å². The molecule has 1 aromatic carbocycles. The number of rotatable bonds is 2. The minimum absolute atomic E-state index is 0.0286. The molecular formula is C13H18ClNO2S. The maximum atomic E-state index is 12.5. The molecule has 0 aromatic heterocycles. The first-order valence-electron chi connectivity index (χ1n) is 6.17. The fourth-order valence-electron chi connectivity index (χ4n) is 2.61. The lowest BCUT2D eigenvalue weighted by Crippen LogP contribution is -2.41. The van der Waals surface area contributed by atoms with Crippen LogP contribution in [0.15, 0.2) is 23.1 Å². The molecule has 1 heterocycles. The fraction of sp³-hybridized carbons (Fsp3) is 0.538. The van der Waals surface area contributed by atoms with Gasteiger partial charge in [0.1, 0.15) is 0 Å². The van der Waals surface area contributed by atoms with Crippen LogP contribution < -0.4 is 5.32 Å². The van der Waals surface area contributed by atoms with Crippen molar-refractivity contribution in [1.82, 2.24) is 5.32 Å². The van der Waals surface area contributed by atoms with Crippen molar-refractivity contribution in [3.63, 3.8) is 0 Å². The van der Waals surface area contributed by atoms with Gasteiger partial charge in [-0.15, -0.1) is 0 Å². The third-order valence-corrected chi connectivity index (χ3v) is 6.66. The summed E-state index contributed by atoms with van der Waals surface area (Å²) >= 11 is 6.10. The Labute approximate surface area is 113 Å². The van der Waals surface area contributed by atoms with Gasteiger partial charge in [0.25, 0.3) is 0 Å². The predicted molar refractivity (Wildman–Crippen MR) is 73.7 cm³/mol. The standard InChI is InChI=1S/C13H18ClNO2S/c1-4-15-12-8(2)9(3)18(16,17)13-10(12)6-5-7-11(13)14/h5-9,12,15H,4H2,1-3H3. The molecule has 0 radical (unpaired) electrons. The molecule has 1 N–H and O–H groups in total. The Balaban J connectivity index is 2.70. The highest BCUT2D eigenvalue weighted by atomic mass is 35.5. The molecule has 100 valence electrons. The van der Waals surface area contributed by atoms with Crippen molar-refractivity contribution < 1.29 is 8.42 Å². The molecule has 0 saturated carbocycles. The number of hydrogen-bond donors (Lipinski definition) is 1. The molecule has 0 amide bonds. The van der Waals surface area contributed by atoms with Gasteiger partial charge >= 0.3 is 0 Å². The summed E-state index contributed by atoms with van der Waals surface area (Å²) < 4.78 is 24.9. The van der Waals surface area contributed by atoms with E-state index in [1.54, 1.807) is 13.0 Å². The molecule has 3 atom stereocenters. The second-order valence-corrected chi connectivity index (χ2v) is 7.45. The van der Waals surface area contributed by atoms with Crippen molar-refractivity contribution >= 4 is 21.4 Å². The van der Waals surface area contributed by atoms with Crippen molar-refractivity contribution in [2.24, 2.45) is 5.92 Å². The number of nitrogens with one attached hydrogen (secondary N) is 1. The number of hydrogen-bond acceptors (Lipinski definition) is 3. The van der Waals surface area contributed by atoms with Crippen molar-refractivity contribution in [2.75, 3.05) is 6.54 Å². The molecule has 1 aliphatic rings. The van der Waals surface area contributed by atoms with Crippen molar-refractivity contribution in [3.05, 3.63) is 28.8 Å². The zero-order valence-electron chi connectivity index (χ0n) is 10.8. The Morgan fingerprint density at radius 1 is 1.33 bits per heavy atom. The van der Waals surface area contributed by atoms with E-state index < -0.39 is 15.1 Å². The Bertz CT molecular complexity index is 556. The highest BCUT2D eigenvalue weighted by molar-refractivity contribution is 7.92. The zero-order valence-corrected chi connectivity index (χ0v) is 12.3. The van der Waals surface area contributed by atoms with Crippen LogP contribution in [0.4, 0.5) is 0 Å². The van der Waals surface area contributed by atoms with Gasteiger partial charge in [0.05, 0.1) is 15.2 Å². The smallest absolute Gasteiger partial charge is 0.183 e. The van der Waals surface area contributed by atoms with Gasteiger partial charge in [-0.2, -0.15) is 0 Å². The molecule has 5 heteroatoms. The Morgan fingerprint density at radius 2 is 2.00 bits per heavy atom. The maximum absolute atomic E-state index is 12.5. The van der Waals surface area contributed by atoms with E-state index in [0.29, 0.717) is 9.92 Å². The first-order valence-corrected chi connectivity index (χ1v) is 8.09. The van der Waals surface area contributed by atoms with Crippen molar-refractivity contribution in [1.29, 1.82) is 0 Å². The summed E-state index contributed by atoms with van der Waals surface area (Å²) in [6.45, 7) is 6.55. The molecule has 2 rings (SSSR count). The number of benzene rings is 1. The third kappa shape index (κ3) is 1.96. The van der Waals surface area contributed by atoms with E-state index >= 15 is 0 Å². The quantitative estimate of drug-likeness (QED) is 0.910. The minimum atomic E-state index is -3.32. The first-order chi connectivity index (χ1) is 8.41. The highest BCUT2D eigenvalue weighted by Gasteiger charge is 2.42. The van der Waals surface area contributed by atoms with Crippen LogP contribution in [0.1, 0.15) is 32.4 Å². The predicted octanol–water partition coefficient (Wildman–Crippen LogP) is 2.80. The van der Waals surface area contributed by atoms with Crippen LogP contribution in [0, 0.1) is 5.92 Å². The van der Waals surface area contributed by atoms with Crippen LogP contribution in [-0.4, -0.2) is 20.2 Å². The maximum Gasteiger partial charge on any atom is 0.183 e. The molecule has 0 saturated heterocycles. The normalized spacial score (nSPS) is 29.9. The lowest BCUT2D eigenvalue weighted by atomic mass is 9.91. The molecular weight excluding hydrogens is 270 g/mol. The summed E-state index contributed by atoms with van der Waals surface area (Å²) in [7, 11) is -3.32. The average molecular weight is 288 g/mol. The molecule has 0 fully saturated rings. The van der Waals surface area contributed by atoms with E-state index in [-0.39, 0.29) is 12.0 Å². The molecule has 3 unspecified atom stereocenters. The fourth-order valence-corrected chi connectivity index (χ4v) is 5.07. The van der Waals surface area contributed by atoms with Crippen LogP contribution in [0.25, 0.3) is 0 Å². The lowest BCUT2D eigenvalue weighted by molar-refractivity contribution is 0.364. The second-order valence-electron chi connectivity index (χ2n) is 4.80. The molecule has 3 nitrogen and oxygen atoms in total. The molecule has 18 heavy (non-hydrogen) atoms. The number of halogens is 1. The summed E-state index contributed by atoms with van der Waals surface area (Å²) in [5.74, 6) is 0.0286. The van der Waals surface area contributed by atoms with Crippen LogP contribution in [0.3, 0.4) is 0 Å². The van der Waals surface area contributed by atoms with Gasteiger partial charge in [0.15, 0.2) is 9.84 Å². The molecule has 1 aromatic rings. The van der Waals surface area contributed by atoms with Crippen LogP contribution in [-0.2, 0) is 9.84 Å².